The van der Waals surface area contributed by atoms with E-state index < -0.39 is 15.3 Å². The van der Waals surface area contributed by atoms with Crippen LogP contribution in [0, 0.1) is 0 Å². The van der Waals surface area contributed by atoms with Gasteiger partial charge in [-0.3, -0.25) is 0 Å². The molecule has 1 unspecified atom stereocenters. The predicted molar refractivity (Wildman–Crippen MR) is 70.8 cm³/mol. The number of nitrogens with zero attached hydrogens (tertiary/aromatic N) is 3. The van der Waals surface area contributed by atoms with E-state index in [1.807, 2.05) is 24.6 Å². The molecule has 2 heterocycles. The molecule has 0 spiro atoms. The fraction of sp³-hybridized carbons (Fsp3) is 0.750. The topological polar surface area (TPSA) is 55.2 Å². The molecule has 102 valence electrons. The van der Waals surface area contributed by atoms with Crippen molar-refractivity contribution in [3.8, 4) is 0 Å². The molecule has 2 rings (SSSR count). The number of sulfonamides is 1. The maximum Gasteiger partial charge on any atom is 0.224 e. The van der Waals surface area contributed by atoms with Crippen molar-refractivity contribution in [1.29, 1.82) is 0 Å². The maximum atomic E-state index is 12.5. The van der Waals surface area contributed by atoms with Gasteiger partial charge in [-0.05, 0) is 33.6 Å². The summed E-state index contributed by atoms with van der Waals surface area (Å²) < 4.78 is 28.5. The van der Waals surface area contributed by atoms with E-state index in [0.29, 0.717) is 18.9 Å². The van der Waals surface area contributed by atoms with Crippen LogP contribution in [0.2, 0.25) is 0 Å². The Kier molecular flexibility index (Phi) is 3.77. The minimum atomic E-state index is -3.27. The summed E-state index contributed by atoms with van der Waals surface area (Å²) >= 11 is 0. The van der Waals surface area contributed by atoms with Crippen LogP contribution in [0.3, 0.4) is 0 Å². The first-order valence-corrected chi connectivity index (χ1v) is 7.96. The van der Waals surface area contributed by atoms with Crippen LogP contribution in [0.25, 0.3) is 0 Å². The van der Waals surface area contributed by atoms with Crippen LogP contribution in [0.15, 0.2) is 12.4 Å². The van der Waals surface area contributed by atoms with E-state index in [2.05, 4.69) is 4.98 Å². The second-order valence-corrected chi connectivity index (χ2v) is 7.33. The average Bonchev–Trinajstić information content (AvgIpc) is 2.98. The number of rotatable bonds is 4. The van der Waals surface area contributed by atoms with E-state index in [4.69, 9.17) is 0 Å². The van der Waals surface area contributed by atoms with Crippen molar-refractivity contribution in [3.05, 3.63) is 18.2 Å². The molecule has 1 atom stereocenters. The van der Waals surface area contributed by atoms with Crippen molar-refractivity contribution >= 4 is 10.0 Å². The van der Waals surface area contributed by atoms with Crippen LogP contribution in [0.5, 0.6) is 0 Å². The molecule has 0 amide bonds. The quantitative estimate of drug-likeness (QED) is 0.841. The molecule has 0 saturated carbocycles. The third kappa shape index (κ3) is 2.31. The first kappa shape index (κ1) is 13.5. The minimum Gasteiger partial charge on any atom is -0.331 e. The second-order valence-electron chi connectivity index (χ2n) is 5.08. The van der Waals surface area contributed by atoms with Crippen molar-refractivity contribution < 1.29 is 8.42 Å². The van der Waals surface area contributed by atoms with Crippen molar-refractivity contribution in [2.24, 2.45) is 0 Å². The lowest BCUT2D eigenvalue weighted by molar-refractivity contribution is 0.461. The summed E-state index contributed by atoms with van der Waals surface area (Å²) in [6.45, 7) is 7.08. The predicted octanol–water partition coefficient (Wildman–Crippen LogP) is 1.95. The van der Waals surface area contributed by atoms with E-state index in [9.17, 15) is 8.42 Å². The van der Waals surface area contributed by atoms with Gasteiger partial charge in [0.1, 0.15) is 11.1 Å². The average molecular weight is 271 g/mol. The van der Waals surface area contributed by atoms with Crippen molar-refractivity contribution in [2.45, 2.75) is 44.9 Å². The molecule has 1 fully saturated rings. The molecule has 0 aliphatic carbocycles. The van der Waals surface area contributed by atoms with Gasteiger partial charge in [0, 0.05) is 31.5 Å². The smallest absolute Gasteiger partial charge is 0.224 e. The van der Waals surface area contributed by atoms with Gasteiger partial charge in [-0.1, -0.05) is 0 Å². The number of hydrogen-bond acceptors (Lipinski definition) is 3. The van der Waals surface area contributed by atoms with Gasteiger partial charge in [0.2, 0.25) is 10.0 Å². The summed E-state index contributed by atoms with van der Waals surface area (Å²) in [4.78, 5) is 4.23. The van der Waals surface area contributed by atoms with Crippen molar-refractivity contribution in [3.63, 3.8) is 0 Å². The Morgan fingerprint density at radius 3 is 2.39 bits per heavy atom. The molecule has 0 N–H and O–H groups in total. The van der Waals surface area contributed by atoms with Gasteiger partial charge in [-0.2, -0.15) is 0 Å². The van der Waals surface area contributed by atoms with Gasteiger partial charge < -0.3 is 4.57 Å². The number of imidazole rings is 1. The highest BCUT2D eigenvalue weighted by atomic mass is 32.2. The molecule has 5 nitrogen and oxygen atoms in total. The third-order valence-electron chi connectivity index (χ3n) is 3.49. The summed E-state index contributed by atoms with van der Waals surface area (Å²) in [6, 6.07) is 0.221. The zero-order chi connectivity index (χ0) is 13.3. The molecule has 0 radical (unpaired) electrons. The Balaban J connectivity index is 2.30. The van der Waals surface area contributed by atoms with Crippen LogP contribution in [0.4, 0.5) is 0 Å². The monoisotopic (exact) mass is 271 g/mol. The van der Waals surface area contributed by atoms with Crippen molar-refractivity contribution in [2.75, 3.05) is 13.1 Å². The molecule has 1 saturated heterocycles. The summed E-state index contributed by atoms with van der Waals surface area (Å²) in [5, 5.41) is -0.576. The van der Waals surface area contributed by atoms with Crippen LogP contribution >= 0.6 is 0 Å². The normalized spacial score (nSPS) is 19.6. The summed E-state index contributed by atoms with van der Waals surface area (Å²) in [6.07, 6.45) is 5.44. The molecular formula is C12H21N3O2S. The van der Waals surface area contributed by atoms with Crippen LogP contribution in [-0.4, -0.2) is 35.4 Å². The van der Waals surface area contributed by atoms with E-state index in [-0.39, 0.29) is 6.04 Å². The Labute approximate surface area is 109 Å². The minimum absolute atomic E-state index is 0.221. The molecule has 1 aromatic rings. The van der Waals surface area contributed by atoms with Gasteiger partial charge in [0.05, 0.1) is 0 Å². The molecular weight excluding hydrogens is 250 g/mol. The standard InChI is InChI=1S/C12H21N3O2S/c1-10(2)15-9-6-13-12(15)11(3)18(16,17)14-7-4-5-8-14/h6,9-11H,4-5,7-8H2,1-3H3. The van der Waals surface area contributed by atoms with Crippen LogP contribution < -0.4 is 0 Å². The summed E-state index contributed by atoms with van der Waals surface area (Å²) in [5.41, 5.74) is 0. The molecule has 0 aromatic carbocycles. The Hall–Kier alpha value is -0.880. The first-order valence-electron chi connectivity index (χ1n) is 6.46. The van der Waals surface area contributed by atoms with E-state index in [0.717, 1.165) is 12.8 Å². The Morgan fingerprint density at radius 2 is 1.83 bits per heavy atom. The van der Waals surface area contributed by atoms with Gasteiger partial charge in [-0.25, -0.2) is 17.7 Å². The fourth-order valence-corrected chi connectivity index (χ4v) is 4.04. The second kappa shape index (κ2) is 5.01. The van der Waals surface area contributed by atoms with Gasteiger partial charge in [0.15, 0.2) is 0 Å². The number of hydrogen-bond donors (Lipinski definition) is 0. The highest BCUT2D eigenvalue weighted by Gasteiger charge is 2.34. The molecule has 1 aliphatic heterocycles. The SMILES string of the molecule is CC(C)n1ccnc1C(C)S(=O)(=O)N1CCCC1. The van der Waals surface area contributed by atoms with Gasteiger partial charge >= 0.3 is 0 Å². The number of aromatic nitrogens is 2. The van der Waals surface area contributed by atoms with Crippen LogP contribution in [-0.2, 0) is 10.0 Å². The van der Waals surface area contributed by atoms with E-state index in [1.54, 1.807) is 17.4 Å². The Morgan fingerprint density at radius 1 is 1.22 bits per heavy atom. The summed E-state index contributed by atoms with van der Waals surface area (Å²) in [7, 11) is -3.27. The zero-order valence-electron chi connectivity index (χ0n) is 11.2. The molecule has 18 heavy (non-hydrogen) atoms. The maximum absolute atomic E-state index is 12.5. The highest BCUT2D eigenvalue weighted by molar-refractivity contribution is 7.89. The largest absolute Gasteiger partial charge is 0.331 e. The molecule has 1 aliphatic rings. The molecule has 0 bridgehead atoms. The van der Waals surface area contributed by atoms with E-state index in [1.165, 1.54) is 0 Å². The lowest BCUT2D eigenvalue weighted by atomic mass is 10.3. The summed E-state index contributed by atoms with van der Waals surface area (Å²) in [5.74, 6) is 0.636. The highest BCUT2D eigenvalue weighted by Crippen LogP contribution is 2.28. The lowest BCUT2D eigenvalue weighted by Crippen LogP contribution is -2.32. The first-order chi connectivity index (χ1) is 8.44. The van der Waals surface area contributed by atoms with Crippen molar-refractivity contribution in [1.82, 2.24) is 13.9 Å². The van der Waals surface area contributed by atoms with E-state index >= 15 is 0 Å². The fourth-order valence-electron chi connectivity index (χ4n) is 2.38. The van der Waals surface area contributed by atoms with Gasteiger partial charge in [0.25, 0.3) is 0 Å². The molecule has 1 aromatic heterocycles. The molecule has 6 heteroatoms. The zero-order valence-corrected chi connectivity index (χ0v) is 12.0. The third-order valence-corrected chi connectivity index (χ3v) is 5.68. The van der Waals surface area contributed by atoms with Gasteiger partial charge in [-0.15, -0.1) is 0 Å². The van der Waals surface area contributed by atoms with Crippen LogP contribution in [0.1, 0.15) is 50.7 Å². The lowest BCUT2D eigenvalue weighted by Gasteiger charge is -2.22. The Bertz CT molecular complexity index is 501.